The standard InChI is InChI=1S/C20H20NO6P/c22-19-9-8-15-11-17(7-6-16(15)12-19)20(23)21-18(13-27-28(24,25)26)10-14-4-2-1-3-5-14/h1-9,11-12,18,22H,10,13H2,(H,21,23)(H2,24,25,26). The van der Waals surface area contributed by atoms with Crippen molar-refractivity contribution in [2.75, 3.05) is 6.61 Å². The minimum absolute atomic E-state index is 0.141. The highest BCUT2D eigenvalue weighted by Gasteiger charge is 2.21. The first-order chi connectivity index (χ1) is 13.3. The summed E-state index contributed by atoms with van der Waals surface area (Å²) >= 11 is 0. The summed E-state index contributed by atoms with van der Waals surface area (Å²) in [4.78, 5) is 30.6. The van der Waals surface area contributed by atoms with E-state index in [-0.39, 0.29) is 18.3 Å². The molecule has 0 saturated heterocycles. The lowest BCUT2D eigenvalue weighted by molar-refractivity contribution is 0.0909. The number of hydrogen-bond donors (Lipinski definition) is 4. The summed E-state index contributed by atoms with van der Waals surface area (Å²) in [7, 11) is -4.65. The first kappa shape index (κ1) is 20.0. The van der Waals surface area contributed by atoms with Gasteiger partial charge in [0.25, 0.3) is 5.91 Å². The van der Waals surface area contributed by atoms with Gasteiger partial charge in [0.2, 0.25) is 0 Å². The van der Waals surface area contributed by atoms with E-state index in [1.54, 1.807) is 30.3 Å². The highest BCUT2D eigenvalue weighted by molar-refractivity contribution is 7.46. The molecule has 0 aromatic heterocycles. The Balaban J connectivity index is 1.77. The van der Waals surface area contributed by atoms with Crippen LogP contribution >= 0.6 is 7.82 Å². The van der Waals surface area contributed by atoms with E-state index in [1.807, 2.05) is 30.3 Å². The van der Waals surface area contributed by atoms with Crippen molar-refractivity contribution in [1.82, 2.24) is 5.32 Å². The first-order valence-corrected chi connectivity index (χ1v) is 10.1. The maximum atomic E-state index is 12.7. The second kappa shape index (κ2) is 8.54. The number of phenolic OH excluding ortho intramolecular Hbond substituents is 1. The smallest absolute Gasteiger partial charge is 0.469 e. The van der Waals surface area contributed by atoms with Crippen LogP contribution in [0.1, 0.15) is 15.9 Å². The molecule has 1 amide bonds. The number of amides is 1. The predicted octanol–water partition coefficient (Wildman–Crippen LogP) is 3.00. The minimum atomic E-state index is -4.65. The van der Waals surface area contributed by atoms with E-state index in [2.05, 4.69) is 9.84 Å². The third kappa shape index (κ3) is 5.65. The van der Waals surface area contributed by atoms with Crippen molar-refractivity contribution in [2.24, 2.45) is 0 Å². The second-order valence-electron chi connectivity index (χ2n) is 6.39. The van der Waals surface area contributed by atoms with Gasteiger partial charge in [-0.25, -0.2) is 4.57 Å². The van der Waals surface area contributed by atoms with Gasteiger partial charge in [-0.2, -0.15) is 0 Å². The summed E-state index contributed by atoms with van der Waals surface area (Å²) in [6.45, 7) is -0.327. The number of phosphoric acid groups is 1. The van der Waals surface area contributed by atoms with Gasteiger partial charge in [-0.15, -0.1) is 0 Å². The molecule has 0 heterocycles. The zero-order valence-electron chi connectivity index (χ0n) is 14.9. The van der Waals surface area contributed by atoms with E-state index < -0.39 is 13.9 Å². The molecule has 146 valence electrons. The summed E-state index contributed by atoms with van der Waals surface area (Å²) in [6.07, 6.45) is 0.355. The van der Waals surface area contributed by atoms with Gasteiger partial charge in [-0.3, -0.25) is 9.32 Å². The van der Waals surface area contributed by atoms with Crippen molar-refractivity contribution in [2.45, 2.75) is 12.5 Å². The molecule has 0 aliphatic heterocycles. The Kier molecular flexibility index (Phi) is 6.11. The lowest BCUT2D eigenvalue weighted by atomic mass is 10.0. The molecule has 1 unspecified atom stereocenters. The number of phenols is 1. The Labute approximate surface area is 161 Å². The van der Waals surface area contributed by atoms with Crippen LogP contribution in [0.3, 0.4) is 0 Å². The Morgan fingerprint density at radius 3 is 2.39 bits per heavy atom. The third-order valence-corrected chi connectivity index (χ3v) is 4.68. The molecule has 3 rings (SSSR count). The Morgan fingerprint density at radius 2 is 1.68 bits per heavy atom. The van der Waals surface area contributed by atoms with Crippen LogP contribution in [0.15, 0.2) is 66.7 Å². The number of nitrogens with one attached hydrogen (secondary N) is 1. The number of phosphoric ester groups is 1. The molecule has 7 nitrogen and oxygen atoms in total. The van der Waals surface area contributed by atoms with Crippen LogP contribution in [0.25, 0.3) is 10.8 Å². The summed E-state index contributed by atoms with van der Waals surface area (Å²) in [5.74, 6) is -0.243. The fourth-order valence-electron chi connectivity index (χ4n) is 2.88. The van der Waals surface area contributed by atoms with Crippen LogP contribution in [0.4, 0.5) is 0 Å². The van der Waals surface area contributed by atoms with Crippen molar-refractivity contribution in [3.05, 3.63) is 77.9 Å². The molecule has 1 atom stereocenters. The summed E-state index contributed by atoms with van der Waals surface area (Å²) in [6, 6.07) is 18.5. The maximum absolute atomic E-state index is 12.7. The molecule has 28 heavy (non-hydrogen) atoms. The number of aromatic hydroxyl groups is 1. The Bertz CT molecular complexity index is 1020. The van der Waals surface area contributed by atoms with Gasteiger partial charge in [-0.05, 0) is 47.0 Å². The normalized spacial score (nSPS) is 12.6. The third-order valence-electron chi connectivity index (χ3n) is 4.19. The molecular formula is C20H20NO6P. The van der Waals surface area contributed by atoms with Crippen molar-refractivity contribution >= 4 is 24.5 Å². The van der Waals surface area contributed by atoms with Crippen molar-refractivity contribution < 1.29 is 28.8 Å². The van der Waals surface area contributed by atoms with Gasteiger partial charge in [0.15, 0.2) is 0 Å². The van der Waals surface area contributed by atoms with Crippen LogP contribution in [0.2, 0.25) is 0 Å². The van der Waals surface area contributed by atoms with Crippen molar-refractivity contribution in [3.8, 4) is 5.75 Å². The SMILES string of the molecule is O=C(NC(COP(=O)(O)O)Cc1ccccc1)c1ccc2cc(O)ccc2c1. The Morgan fingerprint density at radius 1 is 1.00 bits per heavy atom. The number of fused-ring (bicyclic) bond motifs is 1. The van der Waals surface area contributed by atoms with Gasteiger partial charge in [0.1, 0.15) is 5.75 Å². The van der Waals surface area contributed by atoms with E-state index in [0.29, 0.717) is 12.0 Å². The highest BCUT2D eigenvalue weighted by Crippen LogP contribution is 2.35. The molecule has 0 fully saturated rings. The second-order valence-corrected chi connectivity index (χ2v) is 7.63. The van der Waals surface area contributed by atoms with Crippen LogP contribution in [0, 0.1) is 0 Å². The molecule has 0 radical (unpaired) electrons. The number of benzene rings is 3. The first-order valence-electron chi connectivity index (χ1n) is 8.58. The lowest BCUT2D eigenvalue weighted by Gasteiger charge is -2.19. The molecule has 0 bridgehead atoms. The average molecular weight is 401 g/mol. The number of hydrogen-bond acceptors (Lipinski definition) is 4. The predicted molar refractivity (Wildman–Crippen MR) is 105 cm³/mol. The molecule has 3 aromatic carbocycles. The van der Waals surface area contributed by atoms with Crippen LogP contribution in [0.5, 0.6) is 5.75 Å². The highest BCUT2D eigenvalue weighted by atomic mass is 31.2. The molecule has 0 aliphatic carbocycles. The van der Waals surface area contributed by atoms with Gasteiger partial charge < -0.3 is 20.2 Å². The summed E-state index contributed by atoms with van der Waals surface area (Å²) in [5, 5.41) is 13.9. The van der Waals surface area contributed by atoms with Gasteiger partial charge in [0.05, 0.1) is 12.6 Å². The monoisotopic (exact) mass is 401 g/mol. The van der Waals surface area contributed by atoms with Crippen molar-refractivity contribution in [3.63, 3.8) is 0 Å². The van der Waals surface area contributed by atoms with Crippen LogP contribution in [-0.4, -0.2) is 33.4 Å². The molecule has 8 heteroatoms. The zero-order chi connectivity index (χ0) is 20.1. The quantitative estimate of drug-likeness (QED) is 0.453. The van der Waals surface area contributed by atoms with Crippen molar-refractivity contribution in [1.29, 1.82) is 0 Å². The van der Waals surface area contributed by atoms with Crippen LogP contribution < -0.4 is 5.32 Å². The van der Waals surface area contributed by atoms with E-state index in [4.69, 9.17) is 9.79 Å². The molecule has 0 aliphatic rings. The zero-order valence-corrected chi connectivity index (χ0v) is 15.8. The van der Waals surface area contributed by atoms with Gasteiger partial charge in [0, 0.05) is 5.56 Å². The fraction of sp³-hybridized carbons (Fsp3) is 0.150. The summed E-state index contributed by atoms with van der Waals surface area (Å²) in [5.41, 5.74) is 1.29. The molecule has 4 N–H and O–H groups in total. The molecule has 3 aromatic rings. The van der Waals surface area contributed by atoms with Gasteiger partial charge >= 0.3 is 7.82 Å². The molecule has 0 saturated carbocycles. The van der Waals surface area contributed by atoms with Crippen LogP contribution in [-0.2, 0) is 15.5 Å². The maximum Gasteiger partial charge on any atom is 0.469 e. The molecular weight excluding hydrogens is 381 g/mol. The topological polar surface area (TPSA) is 116 Å². The fourth-order valence-corrected chi connectivity index (χ4v) is 3.25. The minimum Gasteiger partial charge on any atom is -0.508 e. The Hall–Kier alpha value is -2.70. The number of rotatable bonds is 7. The summed E-state index contributed by atoms with van der Waals surface area (Å²) < 4.78 is 15.7. The van der Waals surface area contributed by atoms with E-state index >= 15 is 0 Å². The number of carbonyl (C=O) groups is 1. The van der Waals surface area contributed by atoms with E-state index in [1.165, 1.54) is 6.07 Å². The largest absolute Gasteiger partial charge is 0.508 e. The molecule has 0 spiro atoms. The lowest BCUT2D eigenvalue weighted by Crippen LogP contribution is -2.39. The van der Waals surface area contributed by atoms with Gasteiger partial charge in [-0.1, -0.05) is 42.5 Å². The van der Waals surface area contributed by atoms with E-state index in [9.17, 15) is 14.5 Å². The van der Waals surface area contributed by atoms with E-state index in [0.717, 1.165) is 16.3 Å². The average Bonchev–Trinajstić information content (AvgIpc) is 2.66. The number of carbonyl (C=O) groups excluding carboxylic acids is 1.